The van der Waals surface area contributed by atoms with Crippen LogP contribution >= 0.6 is 0 Å². The monoisotopic (exact) mass is 560 g/mol. The molecule has 0 amide bonds. The van der Waals surface area contributed by atoms with Gasteiger partial charge in [0.25, 0.3) is 0 Å². The number of anilines is 6. The lowest BCUT2D eigenvalue weighted by atomic mass is 10.1. The summed E-state index contributed by atoms with van der Waals surface area (Å²) in [4.78, 5) is 14.9. The lowest BCUT2D eigenvalue weighted by molar-refractivity contribution is 1.06. The van der Waals surface area contributed by atoms with Gasteiger partial charge in [-0.1, -0.05) is 101 Å². The summed E-state index contributed by atoms with van der Waals surface area (Å²) in [5, 5.41) is 0. The van der Waals surface area contributed by atoms with E-state index in [9.17, 15) is 0 Å². The molecular formula is C39H36N4. The third kappa shape index (κ3) is 6.19. The molecule has 6 aromatic rings. The van der Waals surface area contributed by atoms with Crippen LogP contribution in [0, 0.1) is 34.6 Å². The maximum Gasteiger partial charge on any atom is 0.237 e. The van der Waals surface area contributed by atoms with E-state index in [-0.39, 0.29) is 0 Å². The van der Waals surface area contributed by atoms with Crippen molar-refractivity contribution >= 4 is 34.5 Å². The van der Waals surface area contributed by atoms with Crippen molar-refractivity contribution in [2.45, 2.75) is 34.6 Å². The van der Waals surface area contributed by atoms with E-state index in [2.05, 4.69) is 172 Å². The first kappa shape index (κ1) is 27.9. The first-order valence-corrected chi connectivity index (χ1v) is 14.7. The molecule has 0 aliphatic rings. The van der Waals surface area contributed by atoms with Gasteiger partial charge in [0.1, 0.15) is 5.82 Å². The van der Waals surface area contributed by atoms with E-state index in [1.807, 2.05) is 0 Å². The maximum atomic E-state index is 5.31. The predicted molar refractivity (Wildman–Crippen MR) is 181 cm³/mol. The smallest absolute Gasteiger partial charge is 0.237 e. The van der Waals surface area contributed by atoms with Gasteiger partial charge in [-0.15, -0.1) is 0 Å². The van der Waals surface area contributed by atoms with Gasteiger partial charge in [0.2, 0.25) is 5.95 Å². The van der Waals surface area contributed by atoms with Gasteiger partial charge >= 0.3 is 0 Å². The topological polar surface area (TPSA) is 32.3 Å². The fourth-order valence-electron chi connectivity index (χ4n) is 5.08. The van der Waals surface area contributed by atoms with Crippen LogP contribution in [0.3, 0.4) is 0 Å². The van der Waals surface area contributed by atoms with Crippen LogP contribution in [0.25, 0.3) is 11.3 Å². The van der Waals surface area contributed by atoms with Crippen molar-refractivity contribution in [3.63, 3.8) is 0 Å². The third-order valence-corrected chi connectivity index (χ3v) is 7.65. The molecule has 43 heavy (non-hydrogen) atoms. The van der Waals surface area contributed by atoms with Crippen molar-refractivity contribution in [2.24, 2.45) is 0 Å². The van der Waals surface area contributed by atoms with Crippen molar-refractivity contribution in [3.8, 4) is 11.3 Å². The molecule has 0 aliphatic heterocycles. The van der Waals surface area contributed by atoms with Gasteiger partial charge in [-0.3, -0.25) is 9.80 Å². The van der Waals surface area contributed by atoms with Crippen LogP contribution in [0.2, 0.25) is 0 Å². The first-order valence-electron chi connectivity index (χ1n) is 14.7. The maximum absolute atomic E-state index is 5.31. The third-order valence-electron chi connectivity index (χ3n) is 7.65. The molecule has 0 saturated carbocycles. The van der Waals surface area contributed by atoms with Crippen LogP contribution < -0.4 is 9.80 Å². The second-order valence-corrected chi connectivity index (χ2v) is 11.3. The number of benzene rings is 5. The zero-order valence-corrected chi connectivity index (χ0v) is 25.4. The lowest BCUT2D eigenvalue weighted by Gasteiger charge is -2.28. The summed E-state index contributed by atoms with van der Waals surface area (Å²) < 4.78 is 0. The molecule has 0 bridgehead atoms. The summed E-state index contributed by atoms with van der Waals surface area (Å²) in [5.41, 5.74) is 12.0. The summed E-state index contributed by atoms with van der Waals surface area (Å²) in [6.45, 7) is 10.5. The Hall–Kier alpha value is -5.22. The highest BCUT2D eigenvalue weighted by molar-refractivity contribution is 5.80. The van der Waals surface area contributed by atoms with Gasteiger partial charge in [-0.05, 0) is 83.1 Å². The van der Waals surface area contributed by atoms with Crippen molar-refractivity contribution in [3.05, 3.63) is 155 Å². The van der Waals surface area contributed by atoms with Gasteiger partial charge in [0.15, 0.2) is 0 Å². The Morgan fingerprint density at radius 3 is 1.07 bits per heavy atom. The number of rotatable bonds is 7. The fraction of sp³-hybridized carbons (Fsp3) is 0.128. The molecule has 1 aromatic heterocycles. The number of hydrogen-bond acceptors (Lipinski definition) is 4. The van der Waals surface area contributed by atoms with Crippen LogP contribution in [0.1, 0.15) is 27.8 Å². The minimum Gasteiger partial charge on any atom is -0.295 e. The van der Waals surface area contributed by atoms with E-state index in [4.69, 9.17) is 9.97 Å². The second-order valence-electron chi connectivity index (χ2n) is 11.3. The molecule has 212 valence electrons. The highest BCUT2D eigenvalue weighted by Crippen LogP contribution is 2.39. The standard InChI is InChI=1S/C39H36N4/c1-27-6-16-32(17-7-27)37-26-38(42(33-18-8-28(2)9-19-33)34-20-10-29(3)11-21-34)41-39(40-37)43(35-22-12-30(4)13-23-35)36-24-14-31(5)15-25-36/h6-26H,1-5H3. The molecule has 0 atom stereocenters. The van der Waals surface area contributed by atoms with E-state index >= 15 is 0 Å². The highest BCUT2D eigenvalue weighted by Gasteiger charge is 2.22. The summed E-state index contributed by atoms with van der Waals surface area (Å²) in [7, 11) is 0. The van der Waals surface area contributed by atoms with Gasteiger partial charge in [-0.25, -0.2) is 4.98 Å². The molecular weight excluding hydrogens is 524 g/mol. The van der Waals surface area contributed by atoms with Crippen LogP contribution in [0.15, 0.2) is 127 Å². The SMILES string of the molecule is Cc1ccc(-c2cc(N(c3ccc(C)cc3)c3ccc(C)cc3)nc(N(c3ccc(C)cc3)c3ccc(C)cc3)n2)cc1. The molecule has 0 unspecified atom stereocenters. The van der Waals surface area contributed by atoms with Crippen LogP contribution in [-0.2, 0) is 0 Å². The lowest BCUT2D eigenvalue weighted by Crippen LogP contribution is -2.18. The Balaban J connectivity index is 1.62. The largest absolute Gasteiger partial charge is 0.295 e. The van der Waals surface area contributed by atoms with Crippen LogP contribution in [0.4, 0.5) is 34.5 Å². The Bertz CT molecular complexity index is 1620. The number of aromatic nitrogens is 2. The summed E-state index contributed by atoms with van der Waals surface area (Å²) in [5.74, 6) is 1.39. The summed E-state index contributed by atoms with van der Waals surface area (Å²) >= 11 is 0. The van der Waals surface area contributed by atoms with Crippen LogP contribution in [-0.4, -0.2) is 9.97 Å². The van der Waals surface area contributed by atoms with E-state index in [0.29, 0.717) is 5.95 Å². The van der Waals surface area contributed by atoms with Crippen LogP contribution in [0.5, 0.6) is 0 Å². The van der Waals surface area contributed by atoms with Gasteiger partial charge in [0.05, 0.1) is 5.69 Å². The Kier molecular flexibility index (Phi) is 7.76. The number of aryl methyl sites for hydroxylation is 5. The molecule has 4 heteroatoms. The molecule has 5 aromatic carbocycles. The fourth-order valence-corrected chi connectivity index (χ4v) is 5.08. The van der Waals surface area contributed by atoms with Gasteiger partial charge in [0, 0.05) is 34.4 Å². The molecule has 0 spiro atoms. The van der Waals surface area contributed by atoms with Crippen molar-refractivity contribution in [1.29, 1.82) is 0 Å². The molecule has 0 N–H and O–H groups in total. The molecule has 0 fully saturated rings. The number of hydrogen-bond donors (Lipinski definition) is 0. The Labute approximate surface area is 255 Å². The zero-order valence-electron chi connectivity index (χ0n) is 25.4. The minimum absolute atomic E-state index is 0.602. The van der Waals surface area contributed by atoms with E-state index in [1.54, 1.807) is 0 Å². The van der Waals surface area contributed by atoms with Crippen molar-refractivity contribution < 1.29 is 0 Å². The van der Waals surface area contributed by atoms with Crippen molar-refractivity contribution in [2.75, 3.05) is 9.80 Å². The van der Waals surface area contributed by atoms with Gasteiger partial charge in [-0.2, -0.15) is 4.98 Å². The molecule has 0 saturated heterocycles. The van der Waals surface area contributed by atoms with E-state index in [0.717, 1.165) is 39.8 Å². The average molecular weight is 561 g/mol. The minimum atomic E-state index is 0.602. The average Bonchev–Trinajstić information content (AvgIpc) is 3.01. The molecule has 0 aliphatic carbocycles. The molecule has 1 heterocycles. The summed E-state index contributed by atoms with van der Waals surface area (Å²) in [6, 6.07) is 44.9. The number of nitrogens with zero attached hydrogens (tertiary/aromatic N) is 4. The Morgan fingerprint density at radius 1 is 0.372 bits per heavy atom. The second kappa shape index (κ2) is 11.9. The molecule has 6 rings (SSSR count). The van der Waals surface area contributed by atoms with Crippen molar-refractivity contribution in [1.82, 2.24) is 9.97 Å². The van der Waals surface area contributed by atoms with E-state index < -0.39 is 0 Å². The first-order chi connectivity index (χ1) is 20.8. The van der Waals surface area contributed by atoms with E-state index in [1.165, 1.54) is 27.8 Å². The zero-order chi connectivity index (χ0) is 29.9. The van der Waals surface area contributed by atoms with Gasteiger partial charge < -0.3 is 0 Å². The Morgan fingerprint density at radius 2 is 0.698 bits per heavy atom. The summed E-state index contributed by atoms with van der Waals surface area (Å²) in [6.07, 6.45) is 0. The quantitative estimate of drug-likeness (QED) is 0.194. The molecule has 0 radical (unpaired) electrons. The highest BCUT2D eigenvalue weighted by atomic mass is 15.3. The molecule has 4 nitrogen and oxygen atoms in total. The predicted octanol–water partition coefficient (Wildman–Crippen LogP) is 10.6. The normalized spacial score (nSPS) is 10.9.